The summed E-state index contributed by atoms with van der Waals surface area (Å²) in [6, 6.07) is 13.0. The van der Waals surface area contributed by atoms with Crippen LogP contribution in [0.5, 0.6) is 5.75 Å². The van der Waals surface area contributed by atoms with E-state index in [4.69, 9.17) is 16.3 Å². The largest absolute Gasteiger partial charge is 0.507 e. The number of methoxy groups -OCH3 is 1. The minimum atomic E-state index is -0.845. The number of aliphatic hydroxyl groups excluding tert-OH is 1. The fourth-order valence-electron chi connectivity index (χ4n) is 3.93. The lowest BCUT2D eigenvalue weighted by Crippen LogP contribution is -2.30. The Bertz CT molecular complexity index is 1250. The van der Waals surface area contributed by atoms with Gasteiger partial charge in [-0.25, -0.2) is 0 Å². The number of hydrogen-bond donors (Lipinski definition) is 1. The van der Waals surface area contributed by atoms with Gasteiger partial charge < -0.3 is 9.84 Å². The number of Topliss-reactive ketones (excluding diaryl/α,β-unsaturated/α-hetero) is 1. The van der Waals surface area contributed by atoms with Crippen molar-refractivity contribution < 1.29 is 19.4 Å². The third-order valence-corrected chi connectivity index (χ3v) is 5.74. The van der Waals surface area contributed by atoms with Crippen LogP contribution in [-0.2, 0) is 9.59 Å². The van der Waals surface area contributed by atoms with E-state index < -0.39 is 17.7 Å². The number of halogens is 1. The molecule has 1 aliphatic heterocycles. The molecule has 0 aliphatic carbocycles. The van der Waals surface area contributed by atoms with Gasteiger partial charge in [-0.05, 0) is 66.9 Å². The Hall–Kier alpha value is -3.64. The molecule has 0 saturated carbocycles. The number of aryl methyl sites for hydroxylation is 2. The van der Waals surface area contributed by atoms with Gasteiger partial charge in [-0.3, -0.25) is 19.5 Å². The zero-order valence-electron chi connectivity index (χ0n) is 17.8. The van der Waals surface area contributed by atoms with E-state index in [0.717, 1.165) is 11.1 Å². The van der Waals surface area contributed by atoms with Crippen molar-refractivity contribution in [2.24, 2.45) is 0 Å². The lowest BCUT2D eigenvalue weighted by molar-refractivity contribution is -0.132. The van der Waals surface area contributed by atoms with Gasteiger partial charge in [0.15, 0.2) is 0 Å². The third-order valence-electron chi connectivity index (χ3n) is 5.51. The van der Waals surface area contributed by atoms with Crippen LogP contribution in [0.3, 0.4) is 0 Å². The second kappa shape index (κ2) is 8.48. The number of hydrogen-bond acceptors (Lipinski definition) is 5. The number of aliphatic hydroxyl groups is 1. The second-order valence-corrected chi connectivity index (χ2v) is 8.02. The van der Waals surface area contributed by atoms with Gasteiger partial charge in [0.1, 0.15) is 11.5 Å². The molecule has 1 aliphatic rings. The molecule has 2 aromatic carbocycles. The molecule has 2 heterocycles. The van der Waals surface area contributed by atoms with Crippen LogP contribution in [0.2, 0.25) is 5.02 Å². The number of carbonyl (C=O) groups excluding carboxylic acids is 2. The van der Waals surface area contributed by atoms with Crippen molar-refractivity contribution in [3.8, 4) is 5.75 Å². The number of nitrogens with zero attached hydrogens (tertiary/aromatic N) is 2. The van der Waals surface area contributed by atoms with E-state index in [1.165, 1.54) is 18.1 Å². The summed E-state index contributed by atoms with van der Waals surface area (Å²) in [6.45, 7) is 3.79. The molecule has 7 heteroatoms. The molecule has 1 unspecified atom stereocenters. The molecule has 1 fully saturated rings. The van der Waals surface area contributed by atoms with Crippen LogP contribution in [0.15, 0.2) is 66.5 Å². The van der Waals surface area contributed by atoms with Crippen LogP contribution in [0.4, 0.5) is 5.69 Å². The summed E-state index contributed by atoms with van der Waals surface area (Å²) >= 11 is 6.15. The number of ketones is 1. The smallest absolute Gasteiger partial charge is 0.300 e. The minimum absolute atomic E-state index is 0.0392. The summed E-state index contributed by atoms with van der Waals surface area (Å²) in [4.78, 5) is 32.0. The van der Waals surface area contributed by atoms with Gasteiger partial charge in [0, 0.05) is 23.1 Å². The topological polar surface area (TPSA) is 79.7 Å². The number of benzene rings is 2. The quantitative estimate of drug-likeness (QED) is 0.345. The molecule has 0 radical (unpaired) electrons. The van der Waals surface area contributed by atoms with Crippen LogP contribution < -0.4 is 9.64 Å². The third kappa shape index (κ3) is 3.63. The zero-order chi connectivity index (χ0) is 23.0. The highest BCUT2D eigenvalue weighted by atomic mass is 35.5. The first-order valence-corrected chi connectivity index (χ1v) is 10.3. The molecule has 0 spiro atoms. The molecule has 162 valence electrons. The van der Waals surface area contributed by atoms with Crippen molar-refractivity contribution >= 4 is 34.7 Å². The Morgan fingerprint density at radius 2 is 1.78 bits per heavy atom. The van der Waals surface area contributed by atoms with E-state index in [1.807, 2.05) is 32.0 Å². The summed E-state index contributed by atoms with van der Waals surface area (Å²) in [6.07, 6.45) is 3.16. The van der Waals surface area contributed by atoms with Crippen LogP contribution in [-0.4, -0.2) is 28.9 Å². The van der Waals surface area contributed by atoms with Crippen LogP contribution in [0.1, 0.15) is 28.3 Å². The van der Waals surface area contributed by atoms with Crippen LogP contribution >= 0.6 is 11.6 Å². The second-order valence-electron chi connectivity index (χ2n) is 7.58. The maximum Gasteiger partial charge on any atom is 0.300 e. The Kier molecular flexibility index (Phi) is 5.72. The van der Waals surface area contributed by atoms with Crippen LogP contribution in [0.25, 0.3) is 5.76 Å². The molecule has 3 aromatic rings. The number of aromatic nitrogens is 1. The zero-order valence-corrected chi connectivity index (χ0v) is 18.6. The number of pyridine rings is 1. The first-order valence-electron chi connectivity index (χ1n) is 9.95. The van der Waals surface area contributed by atoms with Crippen molar-refractivity contribution in [2.45, 2.75) is 19.9 Å². The van der Waals surface area contributed by atoms with Gasteiger partial charge in [0.2, 0.25) is 0 Å². The van der Waals surface area contributed by atoms with E-state index in [0.29, 0.717) is 22.0 Å². The predicted molar refractivity (Wildman–Crippen MR) is 123 cm³/mol. The molecule has 0 bridgehead atoms. The van der Waals surface area contributed by atoms with E-state index in [9.17, 15) is 14.7 Å². The molecular formula is C25H21ClN2O4. The lowest BCUT2D eigenvalue weighted by Gasteiger charge is -2.27. The Morgan fingerprint density at radius 3 is 2.47 bits per heavy atom. The summed E-state index contributed by atoms with van der Waals surface area (Å²) in [5.74, 6) is -1.52. The number of rotatable bonds is 4. The summed E-state index contributed by atoms with van der Waals surface area (Å²) in [5.41, 5.74) is 3.21. The van der Waals surface area contributed by atoms with Gasteiger partial charge in [-0.1, -0.05) is 23.7 Å². The first-order chi connectivity index (χ1) is 15.3. The molecule has 32 heavy (non-hydrogen) atoms. The molecule has 1 amide bonds. The van der Waals surface area contributed by atoms with Gasteiger partial charge >= 0.3 is 0 Å². The highest BCUT2D eigenvalue weighted by molar-refractivity contribution is 6.51. The predicted octanol–water partition coefficient (Wildman–Crippen LogP) is 4.99. The highest BCUT2D eigenvalue weighted by Gasteiger charge is 2.47. The van der Waals surface area contributed by atoms with E-state index in [-0.39, 0.29) is 16.9 Å². The Morgan fingerprint density at radius 1 is 1.06 bits per heavy atom. The van der Waals surface area contributed by atoms with E-state index in [2.05, 4.69) is 4.98 Å². The first kappa shape index (κ1) is 21.6. The van der Waals surface area contributed by atoms with Crippen molar-refractivity contribution in [1.29, 1.82) is 0 Å². The molecule has 1 atom stereocenters. The fraction of sp³-hybridized carbons (Fsp3) is 0.160. The van der Waals surface area contributed by atoms with Crippen molar-refractivity contribution in [3.63, 3.8) is 0 Å². The fourth-order valence-corrected chi connectivity index (χ4v) is 4.10. The van der Waals surface area contributed by atoms with E-state index in [1.54, 1.807) is 36.7 Å². The number of anilines is 1. The molecule has 1 saturated heterocycles. The molecule has 1 aromatic heterocycles. The summed E-state index contributed by atoms with van der Waals surface area (Å²) in [5, 5.41) is 11.6. The number of amides is 1. The standard InChI is InChI=1S/C25H21ClN2O4/c1-14-4-5-15(2)19(12-14)28-22(16-8-10-27-11-9-16)21(24(30)25(28)31)23(29)18-13-17(26)6-7-20(18)32-3/h4-13,22,29H,1-3H3/b23-21+. The van der Waals surface area contributed by atoms with Gasteiger partial charge in [-0.2, -0.15) is 0 Å². The highest BCUT2D eigenvalue weighted by Crippen LogP contribution is 2.44. The number of ether oxygens (including phenoxy) is 1. The maximum absolute atomic E-state index is 13.3. The van der Waals surface area contributed by atoms with Gasteiger partial charge in [0.05, 0.1) is 24.3 Å². The SMILES string of the molecule is COc1ccc(Cl)cc1/C(O)=C1\C(=O)C(=O)N(c2cc(C)ccc2C)C1c1ccncc1. The van der Waals surface area contributed by atoms with E-state index >= 15 is 0 Å². The van der Waals surface area contributed by atoms with Crippen LogP contribution in [0, 0.1) is 13.8 Å². The summed E-state index contributed by atoms with van der Waals surface area (Å²) in [7, 11) is 1.45. The monoisotopic (exact) mass is 448 g/mol. The molecular weight excluding hydrogens is 428 g/mol. The molecule has 1 N–H and O–H groups in total. The maximum atomic E-state index is 13.3. The van der Waals surface area contributed by atoms with Crippen molar-refractivity contribution in [3.05, 3.63) is 93.8 Å². The van der Waals surface area contributed by atoms with Gasteiger partial charge in [-0.15, -0.1) is 0 Å². The molecule has 4 rings (SSSR count). The molecule has 6 nitrogen and oxygen atoms in total. The van der Waals surface area contributed by atoms with Crippen molar-refractivity contribution in [2.75, 3.05) is 12.0 Å². The Labute approximate surface area is 190 Å². The normalized spacial score (nSPS) is 17.6. The Balaban J connectivity index is 2.01. The number of carbonyl (C=O) groups is 2. The average molecular weight is 449 g/mol. The average Bonchev–Trinajstić information content (AvgIpc) is 3.06. The van der Waals surface area contributed by atoms with Gasteiger partial charge in [0.25, 0.3) is 11.7 Å². The summed E-state index contributed by atoms with van der Waals surface area (Å²) < 4.78 is 5.36. The van der Waals surface area contributed by atoms with Crippen molar-refractivity contribution in [1.82, 2.24) is 4.98 Å². The lowest BCUT2D eigenvalue weighted by atomic mass is 9.95. The minimum Gasteiger partial charge on any atom is -0.507 e.